The number of anilines is 3. The van der Waals surface area contributed by atoms with Gasteiger partial charge in [-0.2, -0.15) is 0 Å². The van der Waals surface area contributed by atoms with Crippen molar-refractivity contribution >= 4 is 49.0 Å². The van der Waals surface area contributed by atoms with E-state index in [1.54, 1.807) is 43.4 Å². The predicted molar refractivity (Wildman–Crippen MR) is 119 cm³/mol. The van der Waals surface area contributed by atoms with Gasteiger partial charge in [-0.25, -0.2) is 33.1 Å². The highest BCUT2D eigenvalue weighted by atomic mass is 32.2. The number of nitrogens with zero attached hydrogens (tertiary/aromatic N) is 4. The number of aryl methyl sites for hydroxylation is 3. The fourth-order valence-corrected chi connectivity index (χ4v) is 4.86. The Hall–Kier alpha value is -3.11. The third kappa shape index (κ3) is 4.24. The molecule has 4 aromatic rings. The van der Waals surface area contributed by atoms with Gasteiger partial charge in [0.1, 0.15) is 17.0 Å². The lowest BCUT2D eigenvalue weighted by atomic mass is 10.3. The van der Waals surface area contributed by atoms with Gasteiger partial charge in [-0.1, -0.05) is 6.92 Å². The highest BCUT2D eigenvalue weighted by Gasteiger charge is 2.16. The first-order chi connectivity index (χ1) is 14.3. The molecule has 30 heavy (non-hydrogen) atoms. The molecule has 3 aromatic heterocycles. The van der Waals surface area contributed by atoms with Gasteiger partial charge in [0.05, 0.1) is 10.3 Å². The van der Waals surface area contributed by atoms with Gasteiger partial charge in [-0.3, -0.25) is 0 Å². The molecular weight excluding hydrogens is 420 g/mol. The summed E-state index contributed by atoms with van der Waals surface area (Å²) in [6.45, 7) is 5.67. The van der Waals surface area contributed by atoms with Crippen LogP contribution in [0.2, 0.25) is 0 Å². The Balaban J connectivity index is 1.56. The van der Waals surface area contributed by atoms with Crippen molar-refractivity contribution in [2.45, 2.75) is 32.1 Å². The average Bonchev–Trinajstić information content (AvgIpc) is 3.12. The Bertz CT molecular complexity index is 1300. The van der Waals surface area contributed by atoms with E-state index < -0.39 is 10.0 Å². The van der Waals surface area contributed by atoms with Gasteiger partial charge in [0.15, 0.2) is 0 Å². The van der Waals surface area contributed by atoms with Gasteiger partial charge in [-0.15, -0.1) is 11.3 Å². The predicted octanol–water partition coefficient (Wildman–Crippen LogP) is 4.20. The lowest BCUT2D eigenvalue weighted by molar-refractivity contribution is 0.601. The zero-order valence-corrected chi connectivity index (χ0v) is 18.3. The molecule has 1 aromatic carbocycles. The van der Waals surface area contributed by atoms with Crippen LogP contribution < -0.4 is 10.0 Å². The molecule has 0 spiro atoms. The normalized spacial score (nSPS) is 11.6. The summed E-state index contributed by atoms with van der Waals surface area (Å²) in [4.78, 5) is 19.2. The van der Waals surface area contributed by atoms with Crippen LogP contribution in [0.4, 0.5) is 17.5 Å². The maximum Gasteiger partial charge on any atom is 0.264 e. The van der Waals surface area contributed by atoms with Crippen LogP contribution in [0.3, 0.4) is 0 Å². The summed E-state index contributed by atoms with van der Waals surface area (Å²) < 4.78 is 27.8. The number of thiophene rings is 1. The largest absolute Gasteiger partial charge is 0.340 e. The van der Waals surface area contributed by atoms with Crippen molar-refractivity contribution in [2.24, 2.45) is 0 Å². The summed E-state index contributed by atoms with van der Waals surface area (Å²) in [6, 6.07) is 10.3. The minimum Gasteiger partial charge on any atom is -0.340 e. The molecule has 0 saturated heterocycles. The van der Waals surface area contributed by atoms with Gasteiger partial charge in [0.25, 0.3) is 10.0 Å². The highest BCUT2D eigenvalue weighted by molar-refractivity contribution is 7.92. The Morgan fingerprint density at radius 3 is 2.37 bits per heavy atom. The van der Waals surface area contributed by atoms with Crippen molar-refractivity contribution in [3.8, 4) is 0 Å². The summed E-state index contributed by atoms with van der Waals surface area (Å²) in [5, 5.41) is 4.19. The standard InChI is InChI=1S/C20H20N6O2S2/c1-4-15-10-17-18(21-11-22-19(17)29-15)25-14-5-7-16(8-6-14)30(27,28)26-20-23-12(2)9-13(3)24-20/h5-11H,4H2,1-3H3,(H,21,22,25)(H,23,24,26). The molecule has 0 aliphatic heterocycles. The molecule has 0 fully saturated rings. The number of benzene rings is 1. The topological polar surface area (TPSA) is 110 Å². The third-order valence-electron chi connectivity index (χ3n) is 4.36. The molecule has 0 unspecified atom stereocenters. The first-order valence-electron chi connectivity index (χ1n) is 9.29. The van der Waals surface area contributed by atoms with E-state index in [-0.39, 0.29) is 10.8 Å². The molecule has 0 amide bonds. The smallest absolute Gasteiger partial charge is 0.264 e. The molecular formula is C20H20N6O2S2. The Morgan fingerprint density at radius 1 is 1.00 bits per heavy atom. The van der Waals surface area contributed by atoms with Crippen molar-refractivity contribution in [3.63, 3.8) is 0 Å². The second kappa shape index (κ2) is 7.96. The maximum absolute atomic E-state index is 12.7. The quantitative estimate of drug-likeness (QED) is 0.462. The Labute approximate surface area is 178 Å². The van der Waals surface area contributed by atoms with Crippen LogP contribution in [-0.4, -0.2) is 28.4 Å². The van der Waals surface area contributed by atoms with E-state index in [0.717, 1.165) is 22.3 Å². The summed E-state index contributed by atoms with van der Waals surface area (Å²) in [6.07, 6.45) is 2.46. The third-order valence-corrected chi connectivity index (χ3v) is 6.90. The van der Waals surface area contributed by atoms with Gasteiger partial charge in [0, 0.05) is 22.0 Å². The molecule has 10 heteroatoms. The first kappa shape index (κ1) is 20.2. The lowest BCUT2D eigenvalue weighted by Crippen LogP contribution is -2.15. The van der Waals surface area contributed by atoms with Crippen LogP contribution in [-0.2, 0) is 16.4 Å². The van der Waals surface area contributed by atoms with Crippen LogP contribution in [0, 0.1) is 13.8 Å². The van der Waals surface area contributed by atoms with Crippen molar-refractivity contribution in [1.82, 2.24) is 19.9 Å². The van der Waals surface area contributed by atoms with E-state index >= 15 is 0 Å². The number of hydrogen-bond donors (Lipinski definition) is 2. The molecule has 0 aliphatic rings. The van der Waals surface area contributed by atoms with Crippen LogP contribution in [0.1, 0.15) is 23.2 Å². The number of nitrogens with one attached hydrogen (secondary N) is 2. The average molecular weight is 441 g/mol. The fourth-order valence-electron chi connectivity index (χ4n) is 2.98. The zero-order chi connectivity index (χ0) is 21.3. The van der Waals surface area contributed by atoms with E-state index in [4.69, 9.17) is 0 Å². The molecule has 3 heterocycles. The van der Waals surface area contributed by atoms with E-state index in [9.17, 15) is 8.42 Å². The fraction of sp³-hybridized carbons (Fsp3) is 0.200. The van der Waals surface area contributed by atoms with Gasteiger partial charge in [0.2, 0.25) is 5.95 Å². The molecule has 4 rings (SSSR count). The molecule has 2 N–H and O–H groups in total. The Morgan fingerprint density at radius 2 is 1.70 bits per heavy atom. The van der Waals surface area contributed by atoms with E-state index in [0.29, 0.717) is 17.2 Å². The molecule has 0 saturated carbocycles. The molecule has 0 radical (unpaired) electrons. The van der Waals surface area contributed by atoms with Crippen molar-refractivity contribution in [2.75, 3.05) is 10.0 Å². The molecule has 0 aliphatic carbocycles. The first-order valence-corrected chi connectivity index (χ1v) is 11.6. The second-order valence-electron chi connectivity index (χ2n) is 6.74. The summed E-state index contributed by atoms with van der Waals surface area (Å²) in [7, 11) is -3.80. The number of rotatable bonds is 6. The van der Waals surface area contributed by atoms with Crippen molar-refractivity contribution < 1.29 is 8.42 Å². The zero-order valence-electron chi connectivity index (χ0n) is 16.7. The van der Waals surface area contributed by atoms with Gasteiger partial charge >= 0.3 is 0 Å². The van der Waals surface area contributed by atoms with E-state index in [1.165, 1.54) is 23.3 Å². The summed E-state index contributed by atoms with van der Waals surface area (Å²) in [5.74, 6) is 0.746. The Kier molecular flexibility index (Phi) is 5.35. The number of fused-ring (bicyclic) bond motifs is 1. The second-order valence-corrected chi connectivity index (χ2v) is 9.53. The summed E-state index contributed by atoms with van der Waals surface area (Å²) >= 11 is 1.64. The molecule has 0 bridgehead atoms. The molecule has 8 nitrogen and oxygen atoms in total. The van der Waals surface area contributed by atoms with Crippen LogP contribution in [0.15, 0.2) is 47.6 Å². The molecule has 0 atom stereocenters. The monoisotopic (exact) mass is 440 g/mol. The van der Waals surface area contributed by atoms with Gasteiger partial charge < -0.3 is 5.32 Å². The van der Waals surface area contributed by atoms with Crippen LogP contribution in [0.25, 0.3) is 10.2 Å². The van der Waals surface area contributed by atoms with Crippen molar-refractivity contribution in [1.29, 1.82) is 0 Å². The molecule has 154 valence electrons. The van der Waals surface area contributed by atoms with Crippen LogP contribution in [0.5, 0.6) is 0 Å². The number of hydrogen-bond acceptors (Lipinski definition) is 8. The highest BCUT2D eigenvalue weighted by Crippen LogP contribution is 2.30. The maximum atomic E-state index is 12.7. The van der Waals surface area contributed by atoms with Gasteiger partial charge in [-0.05, 0) is 56.7 Å². The van der Waals surface area contributed by atoms with Crippen molar-refractivity contribution in [3.05, 3.63) is 59.0 Å². The minimum absolute atomic E-state index is 0.0577. The lowest BCUT2D eigenvalue weighted by Gasteiger charge is -2.10. The minimum atomic E-state index is -3.80. The van der Waals surface area contributed by atoms with Crippen LogP contribution >= 0.6 is 11.3 Å². The summed E-state index contributed by atoms with van der Waals surface area (Å²) in [5.41, 5.74) is 2.10. The van der Waals surface area contributed by atoms with E-state index in [1.807, 2.05) is 0 Å². The van der Waals surface area contributed by atoms with E-state index in [2.05, 4.69) is 43.0 Å². The number of aromatic nitrogens is 4. The number of sulfonamides is 1. The SMILES string of the molecule is CCc1cc2c(Nc3ccc(S(=O)(=O)Nc4nc(C)cc(C)n4)cc3)ncnc2s1.